The van der Waals surface area contributed by atoms with E-state index in [1.54, 1.807) is 25.7 Å². The van der Waals surface area contributed by atoms with Gasteiger partial charge < -0.3 is 9.64 Å². The maximum Gasteiger partial charge on any atom is 0.410 e. The van der Waals surface area contributed by atoms with Gasteiger partial charge in [-0.1, -0.05) is 0 Å². The molecule has 9 nitrogen and oxygen atoms in total. The molecule has 144 valence electrons. The minimum absolute atomic E-state index is 0.0746. The first-order valence-corrected chi connectivity index (χ1v) is 9.65. The lowest BCUT2D eigenvalue weighted by atomic mass is 10.2. The van der Waals surface area contributed by atoms with Crippen molar-refractivity contribution >= 4 is 33.6 Å². The third kappa shape index (κ3) is 4.38. The molecule has 1 amide bonds. The van der Waals surface area contributed by atoms with E-state index < -0.39 is 27.4 Å². The van der Waals surface area contributed by atoms with Crippen molar-refractivity contribution < 1.29 is 18.7 Å². The first-order chi connectivity index (χ1) is 12.6. The van der Waals surface area contributed by atoms with Crippen molar-refractivity contribution in [1.82, 2.24) is 14.9 Å². The molecule has 1 aliphatic rings. The number of amides is 1. The minimum Gasteiger partial charge on any atom is -0.444 e. The maximum absolute atomic E-state index is 12.8. The van der Waals surface area contributed by atoms with Gasteiger partial charge in [0.2, 0.25) is 0 Å². The number of nitro groups is 1. The summed E-state index contributed by atoms with van der Waals surface area (Å²) >= 11 is 0. The molecule has 0 saturated carbocycles. The van der Waals surface area contributed by atoms with Gasteiger partial charge in [0, 0.05) is 25.2 Å². The van der Waals surface area contributed by atoms with Gasteiger partial charge in [0.1, 0.15) is 10.6 Å². The van der Waals surface area contributed by atoms with E-state index in [2.05, 4.69) is 9.97 Å². The lowest BCUT2D eigenvalue weighted by molar-refractivity contribution is -0.384. The molecule has 1 saturated heterocycles. The number of carbonyl (C=O) groups is 1. The molecule has 0 bridgehead atoms. The van der Waals surface area contributed by atoms with Crippen LogP contribution >= 0.6 is 0 Å². The minimum atomic E-state index is -1.45. The van der Waals surface area contributed by atoms with Gasteiger partial charge in [-0.2, -0.15) is 0 Å². The summed E-state index contributed by atoms with van der Waals surface area (Å²) in [5.41, 5.74) is 0.149. The number of ether oxygens (including phenoxy) is 1. The van der Waals surface area contributed by atoms with Crippen LogP contribution < -0.4 is 0 Å². The number of hydrogen-bond acceptors (Lipinski definition) is 7. The number of hydrogen-bond donors (Lipinski definition) is 0. The van der Waals surface area contributed by atoms with Gasteiger partial charge in [0.25, 0.3) is 5.69 Å². The number of carbonyl (C=O) groups excluding carboxylic acids is 1. The topological polar surface area (TPSA) is 116 Å². The Morgan fingerprint density at radius 2 is 2.11 bits per heavy atom. The second kappa shape index (κ2) is 7.18. The van der Waals surface area contributed by atoms with Crippen LogP contribution in [0.2, 0.25) is 0 Å². The van der Waals surface area contributed by atoms with E-state index in [9.17, 15) is 19.1 Å². The quantitative estimate of drug-likeness (QED) is 0.582. The molecule has 0 aliphatic carbocycles. The first kappa shape index (κ1) is 19.2. The Morgan fingerprint density at radius 1 is 1.37 bits per heavy atom. The van der Waals surface area contributed by atoms with Crippen LogP contribution in [0.25, 0.3) is 11.0 Å². The fraction of sp³-hybridized carbons (Fsp3) is 0.471. The van der Waals surface area contributed by atoms with Crippen molar-refractivity contribution in [3.05, 3.63) is 34.5 Å². The van der Waals surface area contributed by atoms with E-state index in [0.717, 1.165) is 0 Å². The molecule has 0 unspecified atom stereocenters. The van der Waals surface area contributed by atoms with Gasteiger partial charge in [-0.25, -0.2) is 9.78 Å². The molecule has 2 aromatic rings. The third-order valence-electron chi connectivity index (χ3n) is 4.02. The van der Waals surface area contributed by atoms with Gasteiger partial charge in [0.05, 0.1) is 38.2 Å². The Bertz CT molecular complexity index is 927. The number of non-ortho nitro benzene ring substituents is 1. The molecule has 2 heterocycles. The van der Waals surface area contributed by atoms with Gasteiger partial charge in [-0.3, -0.25) is 19.3 Å². The smallest absolute Gasteiger partial charge is 0.410 e. The molecule has 27 heavy (non-hydrogen) atoms. The number of benzene rings is 1. The van der Waals surface area contributed by atoms with E-state index in [4.69, 9.17) is 4.74 Å². The Kier molecular flexibility index (Phi) is 5.09. The number of fused-ring (bicyclic) bond motifs is 1. The zero-order valence-electron chi connectivity index (χ0n) is 15.2. The Hall–Kier alpha value is -2.62. The summed E-state index contributed by atoms with van der Waals surface area (Å²) in [5.74, 6) is 0. The molecule has 3 rings (SSSR count). The fourth-order valence-electron chi connectivity index (χ4n) is 2.76. The highest BCUT2D eigenvalue weighted by Crippen LogP contribution is 2.23. The summed E-state index contributed by atoms with van der Waals surface area (Å²) in [4.78, 5) is 32.5. The lowest BCUT2D eigenvalue weighted by Gasteiger charge is -2.24. The van der Waals surface area contributed by atoms with Crippen molar-refractivity contribution in [3.63, 3.8) is 0 Å². The fourth-order valence-corrected chi connectivity index (χ4v) is 4.08. The predicted molar refractivity (Wildman–Crippen MR) is 98.8 cm³/mol. The van der Waals surface area contributed by atoms with Crippen LogP contribution in [0, 0.1) is 10.1 Å². The van der Waals surface area contributed by atoms with Crippen LogP contribution in [0.1, 0.15) is 27.2 Å². The monoisotopic (exact) mass is 392 g/mol. The lowest BCUT2D eigenvalue weighted by Crippen LogP contribution is -2.36. The van der Waals surface area contributed by atoms with Crippen molar-refractivity contribution in [2.45, 2.75) is 43.1 Å². The van der Waals surface area contributed by atoms with E-state index in [1.807, 2.05) is 0 Å². The first-order valence-electron chi connectivity index (χ1n) is 8.44. The second-order valence-electron chi connectivity index (χ2n) is 7.27. The predicted octanol–water partition coefficient (Wildman–Crippen LogP) is 2.66. The van der Waals surface area contributed by atoms with Gasteiger partial charge >= 0.3 is 6.09 Å². The highest BCUT2D eigenvalue weighted by molar-refractivity contribution is 7.85. The number of nitrogens with zero attached hydrogens (tertiary/aromatic N) is 4. The Morgan fingerprint density at radius 3 is 2.78 bits per heavy atom. The SMILES string of the molecule is CC(C)(C)OC(=O)N1CC[C@@H]([S@](=O)c2cnc3cc([N+](=O)[O-])ccc3n2)C1. The van der Waals surface area contributed by atoms with Crippen molar-refractivity contribution in [1.29, 1.82) is 0 Å². The molecule has 1 aromatic heterocycles. The summed E-state index contributed by atoms with van der Waals surface area (Å²) in [6, 6.07) is 4.15. The van der Waals surface area contributed by atoms with E-state index in [-0.39, 0.29) is 10.9 Å². The highest BCUT2D eigenvalue weighted by atomic mass is 32.2. The molecule has 0 N–H and O–H groups in total. The Balaban J connectivity index is 1.73. The largest absolute Gasteiger partial charge is 0.444 e. The second-order valence-corrected chi connectivity index (χ2v) is 8.95. The van der Waals surface area contributed by atoms with Gasteiger partial charge in [-0.05, 0) is 33.3 Å². The van der Waals surface area contributed by atoms with Crippen LogP contribution in [-0.2, 0) is 15.5 Å². The van der Waals surface area contributed by atoms with Gasteiger partial charge in [-0.15, -0.1) is 0 Å². The molecule has 1 fully saturated rings. The van der Waals surface area contributed by atoms with Crippen LogP contribution in [0.15, 0.2) is 29.4 Å². The van der Waals surface area contributed by atoms with Crippen LogP contribution in [0.4, 0.5) is 10.5 Å². The maximum atomic E-state index is 12.8. The zero-order valence-corrected chi connectivity index (χ0v) is 16.1. The number of aromatic nitrogens is 2. The average Bonchev–Trinajstić information content (AvgIpc) is 3.09. The van der Waals surface area contributed by atoms with Crippen LogP contribution in [-0.4, -0.2) is 54.0 Å². The molecular formula is C17H20N4O5S. The summed E-state index contributed by atoms with van der Waals surface area (Å²) < 4.78 is 18.2. The van der Waals surface area contributed by atoms with Crippen molar-refractivity contribution in [3.8, 4) is 0 Å². The molecule has 0 radical (unpaired) electrons. The summed E-state index contributed by atoms with van der Waals surface area (Å²) in [7, 11) is -1.45. The Labute approximate surface area is 158 Å². The highest BCUT2D eigenvalue weighted by Gasteiger charge is 2.33. The zero-order chi connectivity index (χ0) is 19.8. The van der Waals surface area contributed by atoms with Gasteiger partial charge in [0.15, 0.2) is 0 Å². The van der Waals surface area contributed by atoms with Crippen LogP contribution in [0.5, 0.6) is 0 Å². The van der Waals surface area contributed by atoms with Crippen molar-refractivity contribution in [2.24, 2.45) is 0 Å². The summed E-state index contributed by atoms with van der Waals surface area (Å²) in [5, 5.41) is 10.9. The molecule has 2 atom stereocenters. The molecule has 1 aliphatic heterocycles. The standard InChI is InChI=1S/C17H20N4O5S/c1-17(2,3)26-16(22)20-7-6-12(10-20)27(25)15-9-18-14-8-11(21(23)24)4-5-13(14)19-15/h4-5,8-9,12H,6-7,10H2,1-3H3/t12-,27+/m1/s1. The third-order valence-corrected chi connectivity index (χ3v) is 5.62. The number of likely N-dealkylation sites (tertiary alicyclic amines) is 1. The molecule has 0 spiro atoms. The van der Waals surface area contributed by atoms with E-state index in [1.165, 1.54) is 24.4 Å². The summed E-state index contributed by atoms with van der Waals surface area (Å²) in [6.45, 7) is 6.18. The normalized spacial score (nSPS) is 18.5. The van der Waals surface area contributed by atoms with Crippen LogP contribution in [0.3, 0.4) is 0 Å². The molecular weight excluding hydrogens is 372 g/mol. The average molecular weight is 392 g/mol. The number of rotatable bonds is 3. The molecule has 10 heteroatoms. The van der Waals surface area contributed by atoms with Crippen molar-refractivity contribution in [2.75, 3.05) is 13.1 Å². The van der Waals surface area contributed by atoms with E-state index in [0.29, 0.717) is 35.6 Å². The number of nitro benzene ring substituents is 1. The summed E-state index contributed by atoms with van der Waals surface area (Å²) in [6.07, 6.45) is 1.53. The van der Waals surface area contributed by atoms with E-state index >= 15 is 0 Å². The molecule has 1 aromatic carbocycles.